The second kappa shape index (κ2) is 15.0. The van der Waals surface area contributed by atoms with E-state index in [1.165, 1.54) is 60.8 Å². The molecular formula is C60H41N3. The number of fused-ring (bicyclic) bond motifs is 6. The van der Waals surface area contributed by atoms with Crippen LogP contribution >= 0.6 is 0 Å². The first-order valence-corrected chi connectivity index (χ1v) is 21.6. The van der Waals surface area contributed by atoms with E-state index < -0.39 is 5.41 Å². The van der Waals surface area contributed by atoms with Gasteiger partial charge in [-0.2, -0.15) is 0 Å². The smallest absolute Gasteiger partial charge is 0.0714 e. The quantitative estimate of drug-likeness (QED) is 0.153. The van der Waals surface area contributed by atoms with Crippen molar-refractivity contribution in [3.63, 3.8) is 0 Å². The molecule has 9 aromatic carbocycles. The number of anilines is 3. The Balaban J connectivity index is 1.03. The van der Waals surface area contributed by atoms with Crippen LogP contribution in [0.5, 0.6) is 0 Å². The standard InChI is InChI=1S/C60H41N3/c1-4-18-46(19-5-1)60(47-20-6-2-7-21-47)56-27-12-10-25-52(56)53-35-34-51(40-57(53)60)62(50-24-14-16-43(38-50)45-17-15-37-61-41-45)49-32-29-42(30-33-49)44-31-36-59-55(39-44)54-26-11-13-28-58(54)63(59)48-22-8-3-9-23-48/h1-41H. The Kier molecular flexibility index (Phi) is 8.72. The van der Waals surface area contributed by atoms with Crippen LogP contribution in [0, 0.1) is 0 Å². The summed E-state index contributed by atoms with van der Waals surface area (Å²) in [5, 5.41) is 2.49. The number of hydrogen-bond acceptors (Lipinski definition) is 2. The van der Waals surface area contributed by atoms with E-state index in [2.05, 4.69) is 245 Å². The van der Waals surface area contributed by atoms with Crippen LogP contribution < -0.4 is 4.90 Å². The Hall–Kier alpha value is -8.27. The predicted octanol–water partition coefficient (Wildman–Crippen LogP) is 15.3. The molecule has 2 heterocycles. The molecule has 0 unspecified atom stereocenters. The molecule has 11 aromatic rings. The molecule has 12 rings (SSSR count). The van der Waals surface area contributed by atoms with Gasteiger partial charge in [-0.25, -0.2) is 0 Å². The lowest BCUT2D eigenvalue weighted by atomic mass is 9.67. The van der Waals surface area contributed by atoms with Crippen LogP contribution in [0.2, 0.25) is 0 Å². The maximum Gasteiger partial charge on any atom is 0.0714 e. The highest BCUT2D eigenvalue weighted by Gasteiger charge is 2.46. The molecule has 0 bridgehead atoms. The average molecular weight is 804 g/mol. The lowest BCUT2D eigenvalue weighted by Crippen LogP contribution is -2.28. The summed E-state index contributed by atoms with van der Waals surface area (Å²) in [6.45, 7) is 0. The Morgan fingerprint density at radius 3 is 1.73 bits per heavy atom. The lowest BCUT2D eigenvalue weighted by Gasteiger charge is -2.35. The molecule has 63 heavy (non-hydrogen) atoms. The van der Waals surface area contributed by atoms with Crippen LogP contribution in [0.25, 0.3) is 60.9 Å². The number of pyridine rings is 1. The first-order valence-electron chi connectivity index (χ1n) is 21.6. The highest BCUT2D eigenvalue weighted by molar-refractivity contribution is 6.10. The van der Waals surface area contributed by atoms with Gasteiger partial charge in [0, 0.05) is 51.5 Å². The molecule has 2 aromatic heterocycles. The Morgan fingerprint density at radius 1 is 0.365 bits per heavy atom. The van der Waals surface area contributed by atoms with E-state index in [9.17, 15) is 0 Å². The molecule has 3 heteroatoms. The second-order valence-electron chi connectivity index (χ2n) is 16.4. The summed E-state index contributed by atoms with van der Waals surface area (Å²) < 4.78 is 2.37. The van der Waals surface area contributed by atoms with Crippen LogP contribution in [-0.4, -0.2) is 9.55 Å². The first-order chi connectivity index (χ1) is 31.3. The Morgan fingerprint density at radius 2 is 0.968 bits per heavy atom. The van der Waals surface area contributed by atoms with Crippen molar-refractivity contribution in [3.8, 4) is 39.1 Å². The van der Waals surface area contributed by atoms with Crippen LogP contribution in [0.15, 0.2) is 249 Å². The topological polar surface area (TPSA) is 21.1 Å². The van der Waals surface area contributed by atoms with Crippen LogP contribution in [0.3, 0.4) is 0 Å². The van der Waals surface area contributed by atoms with Gasteiger partial charge in [0.2, 0.25) is 0 Å². The van der Waals surface area contributed by atoms with Crippen molar-refractivity contribution in [3.05, 3.63) is 271 Å². The number of nitrogens with zero attached hydrogens (tertiary/aromatic N) is 3. The zero-order valence-corrected chi connectivity index (χ0v) is 34.5. The third-order valence-electron chi connectivity index (χ3n) is 12.9. The van der Waals surface area contributed by atoms with E-state index in [1.54, 1.807) is 0 Å². The summed E-state index contributed by atoms with van der Waals surface area (Å²) in [5.74, 6) is 0. The second-order valence-corrected chi connectivity index (χ2v) is 16.4. The van der Waals surface area contributed by atoms with E-state index in [4.69, 9.17) is 0 Å². The zero-order chi connectivity index (χ0) is 41.7. The molecule has 0 spiro atoms. The average Bonchev–Trinajstić information content (AvgIpc) is 3.86. The van der Waals surface area contributed by atoms with Gasteiger partial charge in [-0.05, 0) is 123 Å². The fourth-order valence-corrected chi connectivity index (χ4v) is 10.2. The maximum absolute atomic E-state index is 4.46. The molecular weight excluding hydrogens is 763 g/mol. The third kappa shape index (κ3) is 5.93. The van der Waals surface area contributed by atoms with Gasteiger partial charge in [0.1, 0.15) is 0 Å². The molecule has 1 aliphatic carbocycles. The van der Waals surface area contributed by atoms with Crippen LogP contribution in [-0.2, 0) is 5.41 Å². The fraction of sp³-hybridized carbons (Fsp3) is 0.0167. The molecule has 0 N–H and O–H groups in total. The minimum absolute atomic E-state index is 0.514. The van der Waals surface area contributed by atoms with Crippen LogP contribution in [0.4, 0.5) is 17.1 Å². The van der Waals surface area contributed by atoms with E-state index in [-0.39, 0.29) is 0 Å². The van der Waals surface area contributed by atoms with Crippen molar-refractivity contribution in [1.29, 1.82) is 0 Å². The van der Waals surface area contributed by atoms with Gasteiger partial charge in [0.05, 0.1) is 16.4 Å². The molecule has 0 fully saturated rings. The lowest BCUT2D eigenvalue weighted by molar-refractivity contribution is 0.768. The van der Waals surface area contributed by atoms with Gasteiger partial charge in [0.25, 0.3) is 0 Å². The van der Waals surface area contributed by atoms with Crippen LogP contribution in [0.1, 0.15) is 22.3 Å². The summed E-state index contributed by atoms with van der Waals surface area (Å²) in [7, 11) is 0. The van der Waals surface area contributed by atoms with Gasteiger partial charge in [-0.15, -0.1) is 0 Å². The van der Waals surface area contributed by atoms with Gasteiger partial charge >= 0.3 is 0 Å². The largest absolute Gasteiger partial charge is 0.310 e. The molecule has 0 amide bonds. The van der Waals surface area contributed by atoms with Crippen molar-refractivity contribution in [2.24, 2.45) is 0 Å². The highest BCUT2D eigenvalue weighted by Crippen LogP contribution is 2.57. The normalized spacial score (nSPS) is 12.6. The molecule has 3 nitrogen and oxygen atoms in total. The number of para-hydroxylation sites is 2. The third-order valence-corrected chi connectivity index (χ3v) is 12.9. The Labute approximate surface area is 367 Å². The highest BCUT2D eigenvalue weighted by atomic mass is 15.1. The van der Waals surface area contributed by atoms with Gasteiger partial charge in [-0.1, -0.05) is 164 Å². The molecule has 0 saturated carbocycles. The summed E-state index contributed by atoms with van der Waals surface area (Å²) in [6, 6.07) is 86.4. The molecule has 0 atom stereocenters. The number of aromatic nitrogens is 2. The summed E-state index contributed by atoms with van der Waals surface area (Å²) in [5.41, 5.74) is 18.4. The summed E-state index contributed by atoms with van der Waals surface area (Å²) in [4.78, 5) is 6.87. The minimum Gasteiger partial charge on any atom is -0.310 e. The van der Waals surface area contributed by atoms with Crippen molar-refractivity contribution in [2.75, 3.05) is 4.90 Å². The number of benzene rings is 9. The Bertz CT molecular complexity index is 3390. The fourth-order valence-electron chi connectivity index (χ4n) is 10.2. The zero-order valence-electron chi connectivity index (χ0n) is 34.5. The molecule has 0 aliphatic heterocycles. The monoisotopic (exact) mass is 803 g/mol. The maximum atomic E-state index is 4.46. The molecule has 0 radical (unpaired) electrons. The van der Waals surface area contributed by atoms with Gasteiger partial charge in [0.15, 0.2) is 0 Å². The van der Waals surface area contributed by atoms with Crippen molar-refractivity contribution >= 4 is 38.9 Å². The number of hydrogen-bond donors (Lipinski definition) is 0. The van der Waals surface area contributed by atoms with Crippen molar-refractivity contribution < 1.29 is 0 Å². The molecule has 0 saturated heterocycles. The molecule has 1 aliphatic rings. The van der Waals surface area contributed by atoms with Gasteiger partial charge < -0.3 is 9.47 Å². The van der Waals surface area contributed by atoms with Gasteiger partial charge in [-0.3, -0.25) is 4.98 Å². The SMILES string of the molecule is c1ccc(-n2c3ccccc3c3cc(-c4ccc(N(c5cccc(-c6cccnc6)c5)c5ccc6c(c5)C(c5ccccc5)(c5ccccc5)c5ccccc5-6)cc4)ccc32)cc1. The van der Waals surface area contributed by atoms with E-state index in [0.717, 1.165) is 39.4 Å². The molecule has 296 valence electrons. The van der Waals surface area contributed by atoms with Crippen molar-refractivity contribution in [1.82, 2.24) is 9.55 Å². The summed E-state index contributed by atoms with van der Waals surface area (Å²) in [6.07, 6.45) is 3.77. The summed E-state index contributed by atoms with van der Waals surface area (Å²) >= 11 is 0. The van der Waals surface area contributed by atoms with Crippen molar-refractivity contribution in [2.45, 2.75) is 5.41 Å². The van der Waals surface area contributed by atoms with E-state index in [0.29, 0.717) is 0 Å². The number of rotatable bonds is 8. The predicted molar refractivity (Wildman–Crippen MR) is 261 cm³/mol. The van der Waals surface area contributed by atoms with E-state index in [1.807, 2.05) is 18.5 Å². The first kappa shape index (κ1) is 36.6. The van der Waals surface area contributed by atoms with E-state index >= 15 is 0 Å². The minimum atomic E-state index is -0.514.